The van der Waals surface area contributed by atoms with Crippen LogP contribution in [0.4, 0.5) is 4.39 Å². The minimum Gasteiger partial charge on any atom is -0.491 e. The van der Waals surface area contributed by atoms with Crippen molar-refractivity contribution in [3.63, 3.8) is 0 Å². The van der Waals surface area contributed by atoms with Gasteiger partial charge in [0.25, 0.3) is 5.56 Å². The molecule has 0 fully saturated rings. The number of rotatable bonds is 6. The lowest BCUT2D eigenvalue weighted by atomic mass is 10.1. The molecule has 0 unspecified atom stereocenters. The maximum atomic E-state index is 13.2. The van der Waals surface area contributed by atoms with Gasteiger partial charge >= 0.3 is 0 Å². The Balaban J connectivity index is 1.69. The molecule has 3 rings (SSSR count). The topological polar surface area (TPSA) is 81.4 Å². The van der Waals surface area contributed by atoms with Crippen LogP contribution in [0.3, 0.4) is 0 Å². The minimum absolute atomic E-state index is 0.0223. The third-order valence-electron chi connectivity index (χ3n) is 3.88. The van der Waals surface area contributed by atoms with E-state index in [-0.39, 0.29) is 35.4 Å². The molecule has 2 aromatic carbocycles. The number of aliphatic hydroxyl groups excluding tert-OH is 1. The smallest absolute Gasteiger partial charge is 0.261 e. The van der Waals surface area contributed by atoms with Crippen molar-refractivity contribution in [3.8, 4) is 5.75 Å². The Hall–Kier alpha value is -3.06. The van der Waals surface area contributed by atoms with Crippen LogP contribution in [0, 0.1) is 5.82 Å². The van der Waals surface area contributed by atoms with Crippen LogP contribution in [-0.2, 0) is 6.54 Å². The average molecular weight is 356 g/mol. The number of carbonyl (C=O) groups is 1. The van der Waals surface area contributed by atoms with Crippen LogP contribution in [0.25, 0.3) is 10.9 Å². The van der Waals surface area contributed by atoms with Crippen molar-refractivity contribution >= 4 is 16.7 Å². The standard InChI is InChI=1S/C19H17FN2O4/c1-12(23)13-3-2-4-16(7-13)26-10-15(24)9-22-11-21-18-8-14(20)5-6-17(18)19(22)25/h2-8,11,15,24H,9-10H2,1H3/t15-/m0/s1. The molecule has 0 aliphatic carbocycles. The third kappa shape index (κ3) is 3.94. The number of hydrogen-bond acceptors (Lipinski definition) is 5. The lowest BCUT2D eigenvalue weighted by Crippen LogP contribution is -2.30. The van der Waals surface area contributed by atoms with Crippen LogP contribution in [-0.4, -0.2) is 33.2 Å². The summed E-state index contributed by atoms with van der Waals surface area (Å²) in [5.41, 5.74) is 0.407. The predicted molar refractivity (Wildman–Crippen MR) is 93.9 cm³/mol. The Kier molecular flexibility index (Phi) is 5.09. The average Bonchev–Trinajstić information content (AvgIpc) is 2.62. The molecule has 1 heterocycles. The molecule has 0 amide bonds. The molecule has 0 aliphatic rings. The Morgan fingerprint density at radius 3 is 2.88 bits per heavy atom. The number of aliphatic hydroxyl groups is 1. The van der Waals surface area contributed by atoms with Crippen molar-refractivity contribution in [2.24, 2.45) is 0 Å². The van der Waals surface area contributed by atoms with Gasteiger partial charge < -0.3 is 9.84 Å². The summed E-state index contributed by atoms with van der Waals surface area (Å²) in [6, 6.07) is 10.4. The van der Waals surface area contributed by atoms with E-state index in [9.17, 15) is 19.1 Å². The molecule has 0 saturated heterocycles. The number of ketones is 1. The quantitative estimate of drug-likeness (QED) is 0.685. The molecule has 0 radical (unpaired) electrons. The summed E-state index contributed by atoms with van der Waals surface area (Å²) in [5, 5.41) is 10.4. The van der Waals surface area contributed by atoms with E-state index in [1.54, 1.807) is 24.3 Å². The summed E-state index contributed by atoms with van der Waals surface area (Å²) in [7, 11) is 0. The summed E-state index contributed by atoms with van der Waals surface area (Å²) in [6.45, 7) is 1.37. The summed E-state index contributed by atoms with van der Waals surface area (Å²) in [4.78, 5) is 27.8. The van der Waals surface area contributed by atoms with Gasteiger partial charge in [0.15, 0.2) is 5.78 Å². The van der Waals surface area contributed by atoms with Crippen LogP contribution in [0.1, 0.15) is 17.3 Å². The second-order valence-electron chi connectivity index (χ2n) is 5.91. The van der Waals surface area contributed by atoms with Crippen molar-refractivity contribution in [1.82, 2.24) is 9.55 Å². The summed E-state index contributed by atoms with van der Waals surface area (Å²) in [6.07, 6.45) is 0.303. The molecule has 6 nitrogen and oxygen atoms in total. The van der Waals surface area contributed by atoms with Crippen LogP contribution in [0.15, 0.2) is 53.6 Å². The first-order valence-corrected chi connectivity index (χ1v) is 8.00. The van der Waals surface area contributed by atoms with E-state index in [4.69, 9.17) is 4.74 Å². The molecule has 0 saturated carbocycles. The lowest BCUT2D eigenvalue weighted by Gasteiger charge is -2.14. The van der Waals surface area contributed by atoms with Gasteiger partial charge in [-0.15, -0.1) is 0 Å². The predicted octanol–water partition coefficient (Wildman–Crippen LogP) is 2.18. The number of hydrogen-bond donors (Lipinski definition) is 1. The number of Topliss-reactive ketones (excluding diaryl/α,β-unsaturated/α-hetero) is 1. The first-order chi connectivity index (χ1) is 12.4. The molecule has 0 spiro atoms. The molecule has 134 valence electrons. The summed E-state index contributed by atoms with van der Waals surface area (Å²) >= 11 is 0. The summed E-state index contributed by atoms with van der Waals surface area (Å²) < 4.78 is 19.9. The highest BCUT2D eigenvalue weighted by atomic mass is 19.1. The number of ether oxygens (including phenoxy) is 1. The van der Waals surface area contributed by atoms with Gasteiger partial charge in [-0.2, -0.15) is 0 Å². The molecule has 1 aromatic heterocycles. The molecule has 1 N–H and O–H groups in total. The molecule has 0 aliphatic heterocycles. The maximum absolute atomic E-state index is 13.2. The highest BCUT2D eigenvalue weighted by Gasteiger charge is 2.11. The summed E-state index contributed by atoms with van der Waals surface area (Å²) in [5.74, 6) is -0.0965. The molecule has 26 heavy (non-hydrogen) atoms. The van der Waals surface area contributed by atoms with Gasteiger partial charge in [-0.05, 0) is 31.2 Å². The van der Waals surface area contributed by atoms with Crippen molar-refractivity contribution in [3.05, 3.63) is 70.5 Å². The van der Waals surface area contributed by atoms with Gasteiger partial charge in [0.2, 0.25) is 0 Å². The number of halogens is 1. The van der Waals surface area contributed by atoms with E-state index in [0.29, 0.717) is 11.3 Å². The lowest BCUT2D eigenvalue weighted by molar-refractivity contribution is 0.0913. The Morgan fingerprint density at radius 1 is 1.31 bits per heavy atom. The van der Waals surface area contributed by atoms with Crippen LogP contribution < -0.4 is 10.3 Å². The fraction of sp³-hybridized carbons (Fsp3) is 0.211. The zero-order chi connectivity index (χ0) is 18.7. The maximum Gasteiger partial charge on any atom is 0.261 e. The largest absolute Gasteiger partial charge is 0.491 e. The number of benzene rings is 2. The van der Waals surface area contributed by atoms with Crippen LogP contribution in [0.2, 0.25) is 0 Å². The first kappa shape index (κ1) is 17.8. The number of nitrogens with zero attached hydrogens (tertiary/aromatic N) is 2. The fourth-order valence-electron chi connectivity index (χ4n) is 2.54. The zero-order valence-corrected chi connectivity index (χ0v) is 14.1. The highest BCUT2D eigenvalue weighted by molar-refractivity contribution is 5.94. The molecular formula is C19H17FN2O4. The van der Waals surface area contributed by atoms with Gasteiger partial charge in [-0.1, -0.05) is 12.1 Å². The number of fused-ring (bicyclic) bond motifs is 1. The van der Waals surface area contributed by atoms with E-state index >= 15 is 0 Å². The Labute approximate surface area is 148 Å². The monoisotopic (exact) mass is 356 g/mol. The van der Waals surface area contributed by atoms with E-state index in [1.807, 2.05) is 0 Å². The second kappa shape index (κ2) is 7.45. The van der Waals surface area contributed by atoms with Crippen molar-refractivity contribution in [2.75, 3.05) is 6.61 Å². The van der Waals surface area contributed by atoms with Crippen molar-refractivity contribution in [1.29, 1.82) is 0 Å². The van der Waals surface area contributed by atoms with Gasteiger partial charge in [0.05, 0.1) is 23.8 Å². The molecule has 7 heteroatoms. The zero-order valence-electron chi connectivity index (χ0n) is 14.1. The normalized spacial score (nSPS) is 12.1. The van der Waals surface area contributed by atoms with E-state index in [1.165, 1.54) is 36.0 Å². The SMILES string of the molecule is CC(=O)c1cccc(OC[C@@H](O)Cn2cnc3cc(F)ccc3c2=O)c1. The van der Waals surface area contributed by atoms with Gasteiger partial charge in [0.1, 0.15) is 24.3 Å². The molecule has 3 aromatic rings. The number of carbonyl (C=O) groups excluding carboxylic acids is 1. The molecule has 1 atom stereocenters. The Morgan fingerprint density at radius 2 is 2.12 bits per heavy atom. The minimum atomic E-state index is -0.964. The Bertz CT molecular complexity index is 1020. The van der Waals surface area contributed by atoms with Crippen molar-refractivity contribution in [2.45, 2.75) is 19.6 Å². The van der Waals surface area contributed by atoms with E-state index < -0.39 is 11.9 Å². The first-order valence-electron chi connectivity index (χ1n) is 8.00. The molecular weight excluding hydrogens is 339 g/mol. The number of aromatic nitrogens is 2. The van der Waals surface area contributed by atoms with Gasteiger partial charge in [-0.25, -0.2) is 9.37 Å². The van der Waals surface area contributed by atoms with Gasteiger partial charge in [-0.3, -0.25) is 14.2 Å². The van der Waals surface area contributed by atoms with E-state index in [0.717, 1.165) is 0 Å². The fourth-order valence-corrected chi connectivity index (χ4v) is 2.54. The molecule has 0 bridgehead atoms. The second-order valence-corrected chi connectivity index (χ2v) is 5.91. The van der Waals surface area contributed by atoms with Gasteiger partial charge in [0, 0.05) is 11.6 Å². The van der Waals surface area contributed by atoms with Crippen LogP contribution in [0.5, 0.6) is 5.75 Å². The third-order valence-corrected chi connectivity index (χ3v) is 3.88. The van der Waals surface area contributed by atoms with Crippen molar-refractivity contribution < 1.29 is 19.0 Å². The van der Waals surface area contributed by atoms with E-state index in [2.05, 4.69) is 4.98 Å². The van der Waals surface area contributed by atoms with Crippen LogP contribution >= 0.6 is 0 Å². The highest BCUT2D eigenvalue weighted by Crippen LogP contribution is 2.14.